The number of hydrogen-bond donors (Lipinski definition) is 1. The number of rotatable bonds is 4. The van der Waals surface area contributed by atoms with E-state index in [1.807, 2.05) is 16.7 Å². The molecule has 116 valence electrons. The molecule has 2 rings (SSSR count). The van der Waals surface area contributed by atoms with Crippen LogP contribution >= 0.6 is 11.8 Å². The van der Waals surface area contributed by atoms with Gasteiger partial charge in [0.1, 0.15) is 4.90 Å². The molecule has 7 heteroatoms. The Morgan fingerprint density at radius 2 is 2.09 bits per heavy atom. The topological polar surface area (TPSA) is 73.2 Å². The van der Waals surface area contributed by atoms with Crippen LogP contribution in [0.4, 0.5) is 5.69 Å². The van der Waals surface area contributed by atoms with E-state index in [9.17, 15) is 8.42 Å². The fourth-order valence-electron chi connectivity index (χ4n) is 2.20. The van der Waals surface area contributed by atoms with Crippen molar-refractivity contribution in [2.45, 2.75) is 17.9 Å². The summed E-state index contributed by atoms with van der Waals surface area (Å²) in [5.74, 6) is 4.22. The highest BCUT2D eigenvalue weighted by atomic mass is 32.2. The van der Waals surface area contributed by atoms with Crippen LogP contribution in [-0.2, 0) is 10.0 Å². The molecule has 0 aliphatic carbocycles. The Hall–Kier alpha value is -1.67. The summed E-state index contributed by atoms with van der Waals surface area (Å²) in [6, 6.07) is 6.08. The van der Waals surface area contributed by atoms with Gasteiger partial charge in [-0.3, -0.25) is 0 Å². The number of sulfonamides is 1. The van der Waals surface area contributed by atoms with Crippen LogP contribution < -0.4 is 9.62 Å². The minimum absolute atomic E-state index is 0.167. The molecule has 1 heterocycles. The highest BCUT2D eigenvalue weighted by Crippen LogP contribution is 2.28. The van der Waals surface area contributed by atoms with Gasteiger partial charge < -0.3 is 4.90 Å². The number of thioether (sulfide) groups is 1. The van der Waals surface area contributed by atoms with Gasteiger partial charge in [0.2, 0.25) is 10.0 Å². The first-order valence-corrected chi connectivity index (χ1v) is 9.47. The molecular weight excluding hydrogens is 318 g/mol. The highest BCUT2D eigenvalue weighted by molar-refractivity contribution is 7.99. The molecule has 5 nitrogen and oxygen atoms in total. The minimum Gasteiger partial charge on any atom is -0.369 e. The van der Waals surface area contributed by atoms with E-state index in [4.69, 9.17) is 11.7 Å². The Morgan fingerprint density at radius 1 is 1.41 bits per heavy atom. The van der Waals surface area contributed by atoms with E-state index in [-0.39, 0.29) is 4.90 Å². The Balaban J connectivity index is 2.46. The summed E-state index contributed by atoms with van der Waals surface area (Å²) in [6.07, 6.45) is 5.25. The SMILES string of the molecule is C#CC(C)NS(=O)(=O)c1ccc(C#N)cc1N1CCSCC1. The molecule has 1 unspecified atom stereocenters. The molecular formula is C15H17N3O2S2. The molecule has 0 bridgehead atoms. The molecule has 1 atom stereocenters. The Kier molecular flexibility index (Phi) is 5.36. The van der Waals surface area contributed by atoms with Crippen LogP contribution in [0.25, 0.3) is 0 Å². The third kappa shape index (κ3) is 3.75. The molecule has 1 aliphatic rings. The van der Waals surface area contributed by atoms with Crippen molar-refractivity contribution in [3.8, 4) is 18.4 Å². The first-order valence-electron chi connectivity index (χ1n) is 6.83. The minimum atomic E-state index is -3.73. The van der Waals surface area contributed by atoms with E-state index >= 15 is 0 Å². The molecule has 22 heavy (non-hydrogen) atoms. The molecule has 0 aromatic heterocycles. The van der Waals surface area contributed by atoms with Crippen LogP contribution in [0.1, 0.15) is 12.5 Å². The van der Waals surface area contributed by atoms with E-state index < -0.39 is 16.1 Å². The van der Waals surface area contributed by atoms with Gasteiger partial charge in [-0.1, -0.05) is 5.92 Å². The summed E-state index contributed by atoms with van der Waals surface area (Å²) in [4.78, 5) is 2.17. The van der Waals surface area contributed by atoms with Crippen molar-refractivity contribution in [1.82, 2.24) is 4.72 Å². The van der Waals surface area contributed by atoms with E-state index in [0.717, 1.165) is 24.6 Å². The van der Waals surface area contributed by atoms with Crippen LogP contribution in [0.15, 0.2) is 23.1 Å². The summed E-state index contributed by atoms with van der Waals surface area (Å²) >= 11 is 1.83. The average molecular weight is 335 g/mol. The van der Waals surface area contributed by atoms with Gasteiger partial charge in [-0.2, -0.15) is 21.7 Å². The van der Waals surface area contributed by atoms with Crippen molar-refractivity contribution < 1.29 is 8.42 Å². The monoisotopic (exact) mass is 335 g/mol. The van der Waals surface area contributed by atoms with Crippen molar-refractivity contribution in [1.29, 1.82) is 5.26 Å². The number of anilines is 1. The summed E-state index contributed by atoms with van der Waals surface area (Å²) in [7, 11) is -3.73. The van der Waals surface area contributed by atoms with Crippen molar-refractivity contribution in [2.75, 3.05) is 29.5 Å². The average Bonchev–Trinajstić information content (AvgIpc) is 2.54. The molecule has 1 saturated heterocycles. The molecule has 0 spiro atoms. The molecule has 0 saturated carbocycles. The normalized spacial score (nSPS) is 16.6. The molecule has 1 aromatic carbocycles. The number of terminal acetylenes is 1. The first-order chi connectivity index (χ1) is 10.5. The maximum Gasteiger partial charge on any atom is 0.243 e. The molecule has 1 N–H and O–H groups in total. The van der Waals surface area contributed by atoms with Gasteiger partial charge in [0.05, 0.1) is 23.4 Å². The van der Waals surface area contributed by atoms with Crippen molar-refractivity contribution in [2.24, 2.45) is 0 Å². The zero-order valence-electron chi connectivity index (χ0n) is 12.2. The van der Waals surface area contributed by atoms with Crippen LogP contribution in [0.2, 0.25) is 0 Å². The maximum atomic E-state index is 12.5. The fourth-order valence-corrected chi connectivity index (χ4v) is 4.47. The lowest BCUT2D eigenvalue weighted by atomic mass is 10.2. The highest BCUT2D eigenvalue weighted by Gasteiger charge is 2.24. The van der Waals surface area contributed by atoms with Gasteiger partial charge in [-0.15, -0.1) is 6.42 Å². The van der Waals surface area contributed by atoms with Crippen molar-refractivity contribution in [3.63, 3.8) is 0 Å². The Morgan fingerprint density at radius 3 is 2.68 bits per heavy atom. The third-order valence-corrected chi connectivity index (χ3v) is 5.84. The zero-order valence-corrected chi connectivity index (χ0v) is 13.9. The number of nitriles is 1. The summed E-state index contributed by atoms with van der Waals surface area (Å²) in [5, 5.41) is 9.07. The van der Waals surface area contributed by atoms with Crippen molar-refractivity contribution in [3.05, 3.63) is 23.8 Å². The summed E-state index contributed by atoms with van der Waals surface area (Å²) in [6.45, 7) is 3.12. The van der Waals surface area contributed by atoms with Crippen molar-refractivity contribution >= 4 is 27.5 Å². The maximum absolute atomic E-state index is 12.5. The van der Waals surface area contributed by atoms with E-state index in [2.05, 4.69) is 16.7 Å². The Bertz CT molecular complexity index is 726. The Labute approximate surface area is 135 Å². The van der Waals surface area contributed by atoms with Crippen LogP contribution in [0, 0.1) is 23.7 Å². The van der Waals surface area contributed by atoms with Gasteiger partial charge in [-0.25, -0.2) is 8.42 Å². The van der Waals surface area contributed by atoms with Crippen LogP contribution in [0.3, 0.4) is 0 Å². The zero-order chi connectivity index (χ0) is 16.2. The number of nitrogens with zero attached hydrogens (tertiary/aromatic N) is 2. The van der Waals surface area contributed by atoms with Crippen LogP contribution in [-0.4, -0.2) is 39.1 Å². The van der Waals surface area contributed by atoms with E-state index in [0.29, 0.717) is 11.3 Å². The summed E-state index contributed by atoms with van der Waals surface area (Å²) < 4.78 is 27.5. The second-order valence-electron chi connectivity index (χ2n) is 4.90. The second kappa shape index (κ2) is 7.06. The lowest BCUT2D eigenvalue weighted by molar-refractivity contribution is 0.577. The molecule has 1 aliphatic heterocycles. The lowest BCUT2D eigenvalue weighted by Gasteiger charge is -2.30. The number of nitrogens with one attached hydrogen (secondary N) is 1. The predicted octanol–water partition coefficient (Wildman–Crippen LogP) is 1.41. The lowest BCUT2D eigenvalue weighted by Crippen LogP contribution is -2.36. The number of benzene rings is 1. The standard InChI is InChI=1S/C15H17N3O2S2/c1-3-12(2)17-22(19,20)15-5-4-13(11-16)10-14(15)18-6-8-21-9-7-18/h1,4-5,10,12,17H,6-9H2,2H3. The largest absolute Gasteiger partial charge is 0.369 e. The number of hydrogen-bond acceptors (Lipinski definition) is 5. The summed E-state index contributed by atoms with van der Waals surface area (Å²) in [5.41, 5.74) is 1.01. The molecule has 1 aromatic rings. The van der Waals surface area contributed by atoms with Gasteiger partial charge >= 0.3 is 0 Å². The third-order valence-electron chi connectivity index (χ3n) is 3.31. The van der Waals surface area contributed by atoms with E-state index in [1.165, 1.54) is 12.1 Å². The van der Waals surface area contributed by atoms with Crippen LogP contribution in [0.5, 0.6) is 0 Å². The van der Waals surface area contributed by atoms with E-state index in [1.54, 1.807) is 13.0 Å². The first kappa shape index (κ1) is 16.7. The van der Waals surface area contributed by atoms with Gasteiger partial charge in [0.25, 0.3) is 0 Å². The molecule has 0 radical (unpaired) electrons. The molecule has 0 amide bonds. The van der Waals surface area contributed by atoms with Gasteiger partial charge in [-0.05, 0) is 25.1 Å². The second-order valence-corrected chi connectivity index (χ2v) is 7.81. The predicted molar refractivity (Wildman–Crippen MR) is 89.3 cm³/mol. The van der Waals surface area contributed by atoms with Gasteiger partial charge in [0, 0.05) is 24.6 Å². The quantitative estimate of drug-likeness (QED) is 0.842. The smallest absolute Gasteiger partial charge is 0.243 e. The van der Waals surface area contributed by atoms with Gasteiger partial charge in [0.15, 0.2) is 0 Å². The molecule has 1 fully saturated rings. The fraction of sp³-hybridized carbons (Fsp3) is 0.400.